The molecule has 1 unspecified atom stereocenters. The highest BCUT2D eigenvalue weighted by Gasteiger charge is 2.24. The minimum absolute atomic E-state index is 0.148. The van der Waals surface area contributed by atoms with Gasteiger partial charge in [-0.2, -0.15) is 0 Å². The van der Waals surface area contributed by atoms with Crippen molar-refractivity contribution >= 4 is 35.1 Å². The van der Waals surface area contributed by atoms with Gasteiger partial charge in [0.2, 0.25) is 5.91 Å². The van der Waals surface area contributed by atoms with Crippen molar-refractivity contribution in [2.45, 2.75) is 28.6 Å². The number of rotatable bonds is 3. The van der Waals surface area contributed by atoms with Gasteiger partial charge in [0.15, 0.2) is 5.16 Å². The summed E-state index contributed by atoms with van der Waals surface area (Å²) in [6, 6.07) is 8.19. The van der Waals surface area contributed by atoms with Gasteiger partial charge in [0.05, 0.1) is 11.4 Å². The average molecular weight is 333 g/mol. The van der Waals surface area contributed by atoms with Crippen molar-refractivity contribution in [1.82, 2.24) is 9.55 Å². The number of thioether (sulfide) groups is 2. The number of hydrogen-bond donors (Lipinski definition) is 0. The molecule has 1 atom stereocenters. The van der Waals surface area contributed by atoms with Gasteiger partial charge in [0.1, 0.15) is 0 Å². The van der Waals surface area contributed by atoms with Crippen LogP contribution in [0.4, 0.5) is 5.69 Å². The molecule has 1 amide bonds. The molecule has 2 aromatic rings. The number of benzene rings is 1. The minimum Gasteiger partial charge on any atom is -0.329 e. The van der Waals surface area contributed by atoms with E-state index >= 15 is 0 Å². The van der Waals surface area contributed by atoms with Crippen LogP contribution < -0.4 is 4.90 Å². The van der Waals surface area contributed by atoms with Crippen molar-refractivity contribution in [3.8, 4) is 0 Å². The number of imidazole rings is 1. The van der Waals surface area contributed by atoms with Gasteiger partial charge in [0.25, 0.3) is 0 Å². The number of anilines is 1. The first-order valence-corrected chi connectivity index (χ1v) is 9.18. The Morgan fingerprint density at radius 3 is 3.05 bits per heavy atom. The third-order valence-electron chi connectivity index (χ3n) is 3.65. The molecule has 116 valence electrons. The second kappa shape index (κ2) is 6.79. The molecule has 1 aliphatic heterocycles. The molecule has 1 aromatic heterocycles. The maximum Gasteiger partial charge on any atom is 0.237 e. The van der Waals surface area contributed by atoms with Crippen LogP contribution in [0.3, 0.4) is 0 Å². The molecule has 0 radical (unpaired) electrons. The van der Waals surface area contributed by atoms with Crippen LogP contribution >= 0.6 is 23.5 Å². The Morgan fingerprint density at radius 1 is 1.45 bits per heavy atom. The van der Waals surface area contributed by atoms with Crippen LogP contribution in [0, 0.1) is 0 Å². The third kappa shape index (κ3) is 3.33. The smallest absolute Gasteiger partial charge is 0.237 e. The number of aryl methyl sites for hydroxylation is 1. The molecule has 0 bridgehead atoms. The maximum absolute atomic E-state index is 12.7. The molecule has 0 saturated heterocycles. The summed E-state index contributed by atoms with van der Waals surface area (Å²) in [5, 5.41) is 1.40. The summed E-state index contributed by atoms with van der Waals surface area (Å²) in [4.78, 5) is 20.1. The molecule has 0 spiro atoms. The standard InChI is InChI=1S/C16H19N3OS2/c1-12-7-9-19(13-5-3-4-6-14(13)22-12)15(20)11-21-16-17-8-10-18(16)2/h3-6,8,10,12H,7,9,11H2,1-2H3. The lowest BCUT2D eigenvalue weighted by Gasteiger charge is -2.22. The van der Waals surface area contributed by atoms with Gasteiger partial charge >= 0.3 is 0 Å². The zero-order valence-electron chi connectivity index (χ0n) is 12.7. The number of carbonyl (C=O) groups excluding carboxylic acids is 1. The van der Waals surface area contributed by atoms with Crippen LogP contribution in [0.1, 0.15) is 13.3 Å². The van der Waals surface area contributed by atoms with E-state index in [2.05, 4.69) is 18.0 Å². The molecule has 2 heterocycles. The second-order valence-corrected chi connectivity index (χ2v) is 7.76. The first-order valence-electron chi connectivity index (χ1n) is 7.31. The fourth-order valence-corrected chi connectivity index (χ4v) is 4.36. The summed E-state index contributed by atoms with van der Waals surface area (Å²) in [5.41, 5.74) is 1.04. The van der Waals surface area contributed by atoms with E-state index in [0.29, 0.717) is 11.0 Å². The Kier molecular flexibility index (Phi) is 4.78. The molecule has 1 aromatic carbocycles. The lowest BCUT2D eigenvalue weighted by atomic mass is 10.2. The number of fused-ring (bicyclic) bond motifs is 1. The van der Waals surface area contributed by atoms with E-state index < -0.39 is 0 Å². The Morgan fingerprint density at radius 2 is 2.27 bits per heavy atom. The van der Waals surface area contributed by atoms with Gasteiger partial charge in [0, 0.05) is 36.1 Å². The Labute approximate surface area is 139 Å². The van der Waals surface area contributed by atoms with Crippen LogP contribution in [0.2, 0.25) is 0 Å². The molecular weight excluding hydrogens is 314 g/mol. The lowest BCUT2D eigenvalue weighted by Crippen LogP contribution is -2.33. The zero-order chi connectivity index (χ0) is 15.5. The molecule has 0 saturated carbocycles. The number of nitrogens with zero attached hydrogens (tertiary/aromatic N) is 3. The average Bonchev–Trinajstić information content (AvgIpc) is 2.83. The summed E-state index contributed by atoms with van der Waals surface area (Å²) < 4.78 is 1.94. The van der Waals surface area contributed by atoms with Crippen LogP contribution in [0.5, 0.6) is 0 Å². The van der Waals surface area contributed by atoms with E-state index in [1.165, 1.54) is 16.7 Å². The third-order valence-corrected chi connectivity index (χ3v) is 5.93. The first-order chi connectivity index (χ1) is 10.6. The maximum atomic E-state index is 12.7. The van der Waals surface area contributed by atoms with Crippen LogP contribution in [0.25, 0.3) is 0 Å². The van der Waals surface area contributed by atoms with Crippen LogP contribution in [-0.4, -0.2) is 33.0 Å². The van der Waals surface area contributed by atoms with Crippen molar-refractivity contribution in [2.75, 3.05) is 17.2 Å². The molecule has 0 aliphatic carbocycles. The van der Waals surface area contributed by atoms with Gasteiger partial charge in [-0.3, -0.25) is 4.79 Å². The van der Waals surface area contributed by atoms with Crippen molar-refractivity contribution in [3.05, 3.63) is 36.7 Å². The Balaban J connectivity index is 1.75. The van der Waals surface area contributed by atoms with E-state index in [1.54, 1.807) is 6.20 Å². The number of carbonyl (C=O) groups is 1. The van der Waals surface area contributed by atoms with E-state index in [1.807, 2.05) is 52.7 Å². The van der Waals surface area contributed by atoms with Crippen LogP contribution in [-0.2, 0) is 11.8 Å². The molecule has 22 heavy (non-hydrogen) atoms. The fourth-order valence-electron chi connectivity index (χ4n) is 2.44. The summed E-state index contributed by atoms with van der Waals surface area (Å²) >= 11 is 3.35. The Hall–Kier alpha value is -1.40. The van der Waals surface area contributed by atoms with Gasteiger partial charge in [-0.1, -0.05) is 30.8 Å². The van der Waals surface area contributed by atoms with Gasteiger partial charge in [-0.15, -0.1) is 11.8 Å². The minimum atomic E-state index is 0.148. The fraction of sp³-hybridized carbons (Fsp3) is 0.375. The van der Waals surface area contributed by atoms with Crippen molar-refractivity contribution < 1.29 is 4.79 Å². The molecule has 6 heteroatoms. The Bertz CT molecular complexity index is 671. The zero-order valence-corrected chi connectivity index (χ0v) is 14.4. The normalized spacial score (nSPS) is 17.9. The van der Waals surface area contributed by atoms with Gasteiger partial charge in [-0.05, 0) is 18.6 Å². The highest BCUT2D eigenvalue weighted by molar-refractivity contribution is 8.00. The number of para-hydroxylation sites is 1. The number of aromatic nitrogens is 2. The predicted octanol–water partition coefficient (Wildman–Crippen LogP) is 3.43. The summed E-state index contributed by atoms with van der Waals surface area (Å²) in [7, 11) is 1.94. The predicted molar refractivity (Wildman–Crippen MR) is 92.7 cm³/mol. The summed E-state index contributed by atoms with van der Waals surface area (Å²) in [5.74, 6) is 0.563. The molecule has 0 fully saturated rings. The largest absolute Gasteiger partial charge is 0.329 e. The molecule has 0 N–H and O–H groups in total. The highest BCUT2D eigenvalue weighted by atomic mass is 32.2. The van der Waals surface area contributed by atoms with E-state index in [4.69, 9.17) is 0 Å². The summed E-state index contributed by atoms with van der Waals surface area (Å²) in [6.45, 7) is 3.00. The van der Waals surface area contributed by atoms with Gasteiger partial charge < -0.3 is 9.47 Å². The van der Waals surface area contributed by atoms with Crippen molar-refractivity contribution in [2.24, 2.45) is 7.05 Å². The lowest BCUT2D eigenvalue weighted by molar-refractivity contribution is -0.116. The quantitative estimate of drug-likeness (QED) is 0.807. The van der Waals surface area contributed by atoms with E-state index in [9.17, 15) is 4.79 Å². The SMILES string of the molecule is CC1CCN(C(=O)CSc2nccn2C)c2ccccc2S1. The molecular formula is C16H19N3OS2. The van der Waals surface area contributed by atoms with Crippen LogP contribution in [0.15, 0.2) is 46.7 Å². The first kappa shape index (κ1) is 15.5. The van der Waals surface area contributed by atoms with E-state index in [0.717, 1.165) is 23.8 Å². The highest BCUT2D eigenvalue weighted by Crippen LogP contribution is 2.37. The second-order valence-electron chi connectivity index (χ2n) is 5.34. The number of hydrogen-bond acceptors (Lipinski definition) is 4. The summed E-state index contributed by atoms with van der Waals surface area (Å²) in [6.07, 6.45) is 4.66. The monoisotopic (exact) mass is 333 g/mol. The topological polar surface area (TPSA) is 38.1 Å². The van der Waals surface area contributed by atoms with Crippen molar-refractivity contribution in [1.29, 1.82) is 0 Å². The van der Waals surface area contributed by atoms with E-state index in [-0.39, 0.29) is 5.91 Å². The molecule has 4 nitrogen and oxygen atoms in total. The molecule has 1 aliphatic rings. The number of amides is 1. The van der Waals surface area contributed by atoms with Crippen molar-refractivity contribution in [3.63, 3.8) is 0 Å². The molecule has 3 rings (SSSR count). The van der Waals surface area contributed by atoms with Gasteiger partial charge in [-0.25, -0.2) is 4.98 Å².